The highest BCUT2D eigenvalue weighted by Gasteiger charge is 2.30. The summed E-state index contributed by atoms with van der Waals surface area (Å²) in [5.41, 5.74) is 0. The molecule has 2 fully saturated rings. The highest BCUT2D eigenvalue weighted by Crippen LogP contribution is 2.22. The number of nitrogens with zero attached hydrogens (tertiary/aromatic N) is 1. The van der Waals surface area contributed by atoms with Gasteiger partial charge in [-0.1, -0.05) is 0 Å². The Bertz CT molecular complexity index is 430. The van der Waals surface area contributed by atoms with Gasteiger partial charge in [0.2, 0.25) is 5.91 Å². The molecule has 1 amide bonds. The summed E-state index contributed by atoms with van der Waals surface area (Å²) >= 11 is 0. The van der Waals surface area contributed by atoms with Crippen molar-refractivity contribution in [3.63, 3.8) is 0 Å². The summed E-state index contributed by atoms with van der Waals surface area (Å²) < 4.78 is 27.8. The van der Waals surface area contributed by atoms with Gasteiger partial charge in [0.25, 0.3) is 0 Å². The van der Waals surface area contributed by atoms with E-state index in [1.807, 2.05) is 0 Å². The molecule has 2 aliphatic rings. The molecular formula is C14H26N2O4S. The lowest BCUT2D eigenvalue weighted by molar-refractivity contribution is -0.123. The third-order valence-corrected chi connectivity index (χ3v) is 6.18. The van der Waals surface area contributed by atoms with Crippen molar-refractivity contribution in [2.24, 2.45) is 0 Å². The van der Waals surface area contributed by atoms with Crippen molar-refractivity contribution >= 4 is 15.7 Å². The second-order valence-corrected chi connectivity index (χ2v) is 8.31. The van der Waals surface area contributed by atoms with Gasteiger partial charge < -0.3 is 15.0 Å². The number of methoxy groups -OCH3 is 1. The third-order valence-electron chi connectivity index (χ3n) is 4.47. The van der Waals surface area contributed by atoms with Crippen molar-refractivity contribution in [2.45, 2.75) is 44.2 Å². The van der Waals surface area contributed by atoms with E-state index >= 15 is 0 Å². The Labute approximate surface area is 127 Å². The molecule has 0 aromatic rings. The van der Waals surface area contributed by atoms with E-state index in [0.29, 0.717) is 30.6 Å². The Morgan fingerprint density at radius 3 is 2.38 bits per heavy atom. The Kier molecular flexibility index (Phi) is 6.01. The van der Waals surface area contributed by atoms with Gasteiger partial charge in [-0.15, -0.1) is 0 Å². The van der Waals surface area contributed by atoms with E-state index in [2.05, 4.69) is 10.2 Å². The van der Waals surface area contributed by atoms with Gasteiger partial charge in [-0.25, -0.2) is 8.42 Å². The Hall–Kier alpha value is -0.660. The molecule has 0 saturated carbocycles. The average molecular weight is 318 g/mol. The average Bonchev–Trinajstić information content (AvgIpc) is 2.46. The number of rotatable bonds is 5. The SMILES string of the molecule is COCCC(=O)NC1CCN(C2CCS(=O)(=O)CC2)CC1. The van der Waals surface area contributed by atoms with Crippen LogP contribution in [0.5, 0.6) is 0 Å². The summed E-state index contributed by atoms with van der Waals surface area (Å²) in [4.78, 5) is 14.0. The Morgan fingerprint density at radius 2 is 1.81 bits per heavy atom. The van der Waals surface area contributed by atoms with Crippen LogP contribution in [0.1, 0.15) is 32.1 Å². The molecule has 2 rings (SSSR count). The normalized spacial score (nSPS) is 24.8. The second-order valence-electron chi connectivity index (χ2n) is 6.00. The van der Waals surface area contributed by atoms with Crippen LogP contribution in [0.25, 0.3) is 0 Å². The van der Waals surface area contributed by atoms with Gasteiger partial charge in [-0.05, 0) is 25.7 Å². The first-order valence-corrected chi connectivity index (χ1v) is 9.55. The topological polar surface area (TPSA) is 75.7 Å². The first-order valence-electron chi connectivity index (χ1n) is 7.73. The van der Waals surface area contributed by atoms with E-state index < -0.39 is 9.84 Å². The highest BCUT2D eigenvalue weighted by molar-refractivity contribution is 7.91. The first-order chi connectivity index (χ1) is 10.00. The molecule has 2 heterocycles. The molecule has 21 heavy (non-hydrogen) atoms. The molecule has 0 radical (unpaired) electrons. The number of nitrogens with one attached hydrogen (secondary N) is 1. The summed E-state index contributed by atoms with van der Waals surface area (Å²) in [6.07, 6.45) is 3.82. The van der Waals surface area contributed by atoms with Crippen LogP contribution >= 0.6 is 0 Å². The number of carbonyl (C=O) groups excluding carboxylic acids is 1. The monoisotopic (exact) mass is 318 g/mol. The van der Waals surface area contributed by atoms with E-state index in [4.69, 9.17) is 4.74 Å². The second kappa shape index (κ2) is 7.56. The number of carbonyl (C=O) groups is 1. The van der Waals surface area contributed by atoms with Gasteiger partial charge in [-0.2, -0.15) is 0 Å². The maximum atomic E-state index is 11.7. The number of sulfone groups is 1. The summed E-state index contributed by atoms with van der Waals surface area (Å²) in [6.45, 7) is 2.35. The van der Waals surface area contributed by atoms with Crippen LogP contribution in [-0.2, 0) is 19.4 Å². The van der Waals surface area contributed by atoms with Gasteiger partial charge in [-0.3, -0.25) is 4.79 Å². The molecule has 0 aromatic carbocycles. The van der Waals surface area contributed by atoms with Gasteiger partial charge >= 0.3 is 0 Å². The number of piperidine rings is 1. The van der Waals surface area contributed by atoms with Crippen LogP contribution in [0.2, 0.25) is 0 Å². The number of ether oxygens (including phenoxy) is 1. The highest BCUT2D eigenvalue weighted by atomic mass is 32.2. The molecule has 0 bridgehead atoms. The fourth-order valence-electron chi connectivity index (χ4n) is 3.15. The molecule has 0 spiro atoms. The summed E-state index contributed by atoms with van der Waals surface area (Å²) in [7, 11) is -1.19. The molecule has 6 nitrogen and oxygen atoms in total. The lowest BCUT2D eigenvalue weighted by atomic mass is 10.0. The maximum absolute atomic E-state index is 11.7. The smallest absolute Gasteiger partial charge is 0.222 e. The predicted octanol–water partition coefficient (Wildman–Crippen LogP) is 0.181. The molecule has 7 heteroatoms. The van der Waals surface area contributed by atoms with E-state index in [1.54, 1.807) is 7.11 Å². The van der Waals surface area contributed by atoms with Crippen molar-refractivity contribution in [2.75, 3.05) is 38.3 Å². The minimum Gasteiger partial charge on any atom is -0.384 e. The Morgan fingerprint density at radius 1 is 1.19 bits per heavy atom. The molecule has 0 atom stereocenters. The van der Waals surface area contributed by atoms with Crippen LogP contribution in [0.4, 0.5) is 0 Å². The van der Waals surface area contributed by atoms with Gasteiger partial charge in [0.05, 0.1) is 18.1 Å². The van der Waals surface area contributed by atoms with Gasteiger partial charge in [0.15, 0.2) is 0 Å². The van der Waals surface area contributed by atoms with Crippen LogP contribution < -0.4 is 5.32 Å². The van der Waals surface area contributed by atoms with Crippen LogP contribution in [0.3, 0.4) is 0 Å². The van der Waals surface area contributed by atoms with Crippen LogP contribution in [0.15, 0.2) is 0 Å². The molecule has 2 saturated heterocycles. The van der Waals surface area contributed by atoms with Crippen molar-refractivity contribution in [1.29, 1.82) is 0 Å². The maximum Gasteiger partial charge on any atom is 0.222 e. The largest absolute Gasteiger partial charge is 0.384 e. The lowest BCUT2D eigenvalue weighted by Gasteiger charge is -2.39. The van der Waals surface area contributed by atoms with E-state index in [0.717, 1.165) is 38.8 Å². The summed E-state index contributed by atoms with van der Waals surface area (Å²) in [5, 5.41) is 3.05. The Balaban J connectivity index is 1.70. The lowest BCUT2D eigenvalue weighted by Crippen LogP contribution is -2.49. The fourth-order valence-corrected chi connectivity index (χ4v) is 4.61. The minimum absolute atomic E-state index is 0.0547. The number of likely N-dealkylation sites (tertiary alicyclic amines) is 1. The molecule has 0 aliphatic carbocycles. The molecular weight excluding hydrogens is 292 g/mol. The standard InChI is InChI=1S/C14H26N2O4S/c1-20-9-4-14(17)15-12-2-7-16(8-3-12)13-5-10-21(18,19)11-6-13/h12-13H,2-11H2,1H3,(H,15,17). The molecule has 1 N–H and O–H groups in total. The quantitative estimate of drug-likeness (QED) is 0.783. The van der Waals surface area contributed by atoms with E-state index in [1.165, 1.54) is 0 Å². The first kappa shape index (κ1) is 16.7. The van der Waals surface area contributed by atoms with Crippen molar-refractivity contribution in [3.05, 3.63) is 0 Å². The van der Waals surface area contributed by atoms with Gasteiger partial charge in [0, 0.05) is 38.7 Å². The summed E-state index contributed by atoms with van der Waals surface area (Å²) in [5.74, 6) is 0.704. The summed E-state index contributed by atoms with van der Waals surface area (Å²) in [6, 6.07) is 0.650. The van der Waals surface area contributed by atoms with Crippen molar-refractivity contribution < 1.29 is 17.9 Å². The van der Waals surface area contributed by atoms with Crippen LogP contribution in [-0.4, -0.2) is 69.6 Å². The predicted molar refractivity (Wildman–Crippen MR) is 80.9 cm³/mol. The van der Waals surface area contributed by atoms with Crippen molar-refractivity contribution in [1.82, 2.24) is 10.2 Å². The third kappa shape index (κ3) is 5.23. The zero-order valence-electron chi connectivity index (χ0n) is 12.7. The van der Waals surface area contributed by atoms with E-state index in [9.17, 15) is 13.2 Å². The zero-order chi connectivity index (χ0) is 15.3. The fraction of sp³-hybridized carbons (Fsp3) is 0.929. The van der Waals surface area contributed by atoms with Crippen molar-refractivity contribution in [3.8, 4) is 0 Å². The number of hydrogen-bond donors (Lipinski definition) is 1. The molecule has 0 aromatic heterocycles. The van der Waals surface area contributed by atoms with E-state index in [-0.39, 0.29) is 11.9 Å². The number of hydrogen-bond acceptors (Lipinski definition) is 5. The number of amides is 1. The van der Waals surface area contributed by atoms with Gasteiger partial charge in [0.1, 0.15) is 9.84 Å². The minimum atomic E-state index is -2.79. The van der Waals surface area contributed by atoms with Crippen LogP contribution in [0, 0.1) is 0 Å². The molecule has 0 unspecified atom stereocenters. The molecule has 2 aliphatic heterocycles. The zero-order valence-corrected chi connectivity index (χ0v) is 13.5. The molecule has 122 valence electrons.